The van der Waals surface area contributed by atoms with Crippen molar-refractivity contribution in [3.8, 4) is 0 Å². The van der Waals surface area contributed by atoms with Gasteiger partial charge in [-0.05, 0) is 50.1 Å². The van der Waals surface area contributed by atoms with Gasteiger partial charge >= 0.3 is 0 Å². The number of hydrogen-bond donors (Lipinski definition) is 1. The molecule has 0 fully saturated rings. The molecule has 0 aliphatic carbocycles. The molecule has 0 bridgehead atoms. The molecule has 0 saturated heterocycles. The van der Waals surface area contributed by atoms with E-state index in [2.05, 4.69) is 15.5 Å². The van der Waals surface area contributed by atoms with E-state index >= 15 is 0 Å². The number of amides is 1. The van der Waals surface area contributed by atoms with Crippen LogP contribution in [0.15, 0.2) is 46.6 Å². The maximum atomic E-state index is 12.9. The van der Waals surface area contributed by atoms with Crippen molar-refractivity contribution in [1.82, 2.24) is 18.9 Å². The van der Waals surface area contributed by atoms with Gasteiger partial charge in [0.2, 0.25) is 15.9 Å². The number of fused-ring (bicyclic) bond motifs is 1. The molecule has 3 aromatic rings. The van der Waals surface area contributed by atoms with E-state index in [-0.39, 0.29) is 10.8 Å². The normalized spacial score (nSPS) is 13.0. The van der Waals surface area contributed by atoms with E-state index in [9.17, 15) is 13.2 Å². The Morgan fingerprint density at radius 3 is 2.55 bits per heavy atom. The fourth-order valence-electron chi connectivity index (χ4n) is 3.11. The maximum absolute atomic E-state index is 12.9. The van der Waals surface area contributed by atoms with Gasteiger partial charge in [-0.2, -0.15) is 4.31 Å². The minimum Gasteiger partial charge on any atom is -0.325 e. The van der Waals surface area contributed by atoms with E-state index in [1.165, 1.54) is 28.3 Å². The van der Waals surface area contributed by atoms with Gasteiger partial charge in [-0.3, -0.25) is 9.20 Å². The summed E-state index contributed by atoms with van der Waals surface area (Å²) in [6.07, 6.45) is 1.51. The molecule has 0 aliphatic rings. The number of aryl methyl sites for hydroxylation is 2. The predicted molar refractivity (Wildman–Crippen MR) is 123 cm³/mol. The van der Waals surface area contributed by atoms with Gasteiger partial charge in [-0.15, -0.1) is 10.2 Å². The zero-order valence-electron chi connectivity index (χ0n) is 18.3. The summed E-state index contributed by atoms with van der Waals surface area (Å²) < 4.78 is 28.7. The molecular weight excluding hydrogens is 434 g/mol. The van der Waals surface area contributed by atoms with E-state index in [4.69, 9.17) is 0 Å². The van der Waals surface area contributed by atoms with Crippen LogP contribution in [0.5, 0.6) is 0 Å². The zero-order valence-corrected chi connectivity index (χ0v) is 19.9. The molecule has 0 saturated carbocycles. The highest BCUT2D eigenvalue weighted by molar-refractivity contribution is 8.00. The van der Waals surface area contributed by atoms with Crippen LogP contribution >= 0.6 is 11.8 Å². The van der Waals surface area contributed by atoms with Crippen molar-refractivity contribution < 1.29 is 13.2 Å². The van der Waals surface area contributed by atoms with Crippen molar-refractivity contribution in [3.63, 3.8) is 0 Å². The van der Waals surface area contributed by atoms with Crippen molar-refractivity contribution >= 4 is 39.0 Å². The first kappa shape index (κ1) is 23.2. The number of pyridine rings is 1. The highest BCUT2D eigenvalue weighted by Crippen LogP contribution is 2.26. The molecule has 2 heterocycles. The quantitative estimate of drug-likeness (QED) is 0.516. The van der Waals surface area contributed by atoms with E-state index in [1.807, 2.05) is 32.0 Å². The largest absolute Gasteiger partial charge is 0.325 e. The van der Waals surface area contributed by atoms with Crippen molar-refractivity contribution in [2.75, 3.05) is 18.4 Å². The lowest BCUT2D eigenvalue weighted by Crippen LogP contribution is -2.30. The number of aromatic nitrogens is 3. The Bertz CT molecular complexity index is 1200. The number of nitrogens with one attached hydrogen (secondary N) is 1. The van der Waals surface area contributed by atoms with Gasteiger partial charge in [0, 0.05) is 25.0 Å². The van der Waals surface area contributed by atoms with E-state index in [0.717, 1.165) is 16.8 Å². The van der Waals surface area contributed by atoms with Crippen LogP contribution in [0.25, 0.3) is 5.65 Å². The molecule has 1 atom stereocenters. The van der Waals surface area contributed by atoms with Gasteiger partial charge in [-0.1, -0.05) is 37.7 Å². The third kappa shape index (κ3) is 4.91. The SMILES string of the molecule is CCN(CC)S(=O)(=O)c1ccc2nnc(SC(C)C(=O)Nc3cc(C)ccc3C)n2c1. The van der Waals surface area contributed by atoms with Crippen LogP contribution in [-0.2, 0) is 14.8 Å². The molecule has 31 heavy (non-hydrogen) atoms. The summed E-state index contributed by atoms with van der Waals surface area (Å²) in [6.45, 7) is 10.1. The average molecular weight is 462 g/mol. The summed E-state index contributed by atoms with van der Waals surface area (Å²) in [5.41, 5.74) is 3.33. The lowest BCUT2D eigenvalue weighted by molar-refractivity contribution is -0.115. The third-order valence-electron chi connectivity index (χ3n) is 4.99. The molecule has 0 spiro atoms. The zero-order chi connectivity index (χ0) is 22.8. The molecule has 0 radical (unpaired) electrons. The Hall–Kier alpha value is -2.43. The van der Waals surface area contributed by atoms with E-state index < -0.39 is 15.3 Å². The summed E-state index contributed by atoms with van der Waals surface area (Å²) in [5.74, 6) is -0.164. The smallest absolute Gasteiger partial charge is 0.244 e. The topological polar surface area (TPSA) is 96.7 Å². The molecule has 1 aromatic carbocycles. The number of nitrogens with zero attached hydrogens (tertiary/aromatic N) is 4. The Balaban J connectivity index is 1.84. The Morgan fingerprint density at radius 2 is 1.87 bits per heavy atom. The number of carbonyl (C=O) groups excluding carboxylic acids is 1. The summed E-state index contributed by atoms with van der Waals surface area (Å²) in [4.78, 5) is 12.9. The highest BCUT2D eigenvalue weighted by atomic mass is 32.2. The van der Waals surface area contributed by atoms with E-state index in [0.29, 0.717) is 23.9 Å². The first-order valence-corrected chi connectivity index (χ1v) is 12.4. The van der Waals surface area contributed by atoms with Crippen LogP contribution in [0.1, 0.15) is 31.9 Å². The minimum atomic E-state index is -3.61. The second-order valence-electron chi connectivity index (χ2n) is 7.23. The number of anilines is 1. The molecule has 1 amide bonds. The predicted octanol–water partition coefficient (Wildman–Crippen LogP) is 3.50. The van der Waals surface area contributed by atoms with Gasteiger partial charge in [0.25, 0.3) is 0 Å². The van der Waals surface area contributed by atoms with Crippen LogP contribution < -0.4 is 5.32 Å². The Kier molecular flexibility index (Phi) is 7.03. The third-order valence-corrected chi connectivity index (χ3v) is 8.08. The second kappa shape index (κ2) is 9.37. The number of carbonyl (C=O) groups is 1. The Morgan fingerprint density at radius 1 is 1.16 bits per heavy atom. The summed E-state index contributed by atoms with van der Waals surface area (Å²) in [7, 11) is -3.61. The molecule has 1 unspecified atom stereocenters. The lowest BCUT2D eigenvalue weighted by atomic mass is 10.1. The number of sulfonamides is 1. The summed E-state index contributed by atoms with van der Waals surface area (Å²) in [5, 5.41) is 11.2. The molecule has 8 nitrogen and oxygen atoms in total. The van der Waals surface area contributed by atoms with Crippen LogP contribution in [0.2, 0.25) is 0 Å². The van der Waals surface area contributed by atoms with Crippen LogP contribution in [0.3, 0.4) is 0 Å². The maximum Gasteiger partial charge on any atom is 0.244 e. The van der Waals surface area contributed by atoms with Crippen molar-refractivity contribution in [2.24, 2.45) is 0 Å². The first-order chi connectivity index (χ1) is 14.7. The molecule has 3 rings (SSSR count). The monoisotopic (exact) mass is 461 g/mol. The fraction of sp³-hybridized carbons (Fsp3) is 0.381. The van der Waals surface area contributed by atoms with Gasteiger partial charge < -0.3 is 5.32 Å². The summed E-state index contributed by atoms with van der Waals surface area (Å²) >= 11 is 1.23. The van der Waals surface area contributed by atoms with Gasteiger partial charge in [0.1, 0.15) is 0 Å². The van der Waals surface area contributed by atoms with Crippen LogP contribution in [0, 0.1) is 13.8 Å². The standard InChI is InChI=1S/C21H27N5O3S2/c1-6-25(7-2)31(28,29)17-10-11-19-23-24-21(26(19)13-17)30-16(5)20(27)22-18-12-14(3)8-9-15(18)4/h8-13,16H,6-7H2,1-5H3,(H,22,27). The Labute approximate surface area is 187 Å². The number of thioether (sulfide) groups is 1. The van der Waals surface area contributed by atoms with Crippen molar-refractivity contribution in [2.45, 2.75) is 49.9 Å². The number of rotatable bonds is 8. The van der Waals surface area contributed by atoms with Crippen LogP contribution in [0.4, 0.5) is 5.69 Å². The van der Waals surface area contributed by atoms with E-state index in [1.54, 1.807) is 31.2 Å². The molecule has 10 heteroatoms. The summed E-state index contributed by atoms with van der Waals surface area (Å²) in [6, 6.07) is 9.04. The van der Waals surface area contributed by atoms with Crippen molar-refractivity contribution in [3.05, 3.63) is 47.7 Å². The number of benzene rings is 1. The molecule has 1 N–H and O–H groups in total. The van der Waals surface area contributed by atoms with Crippen molar-refractivity contribution in [1.29, 1.82) is 0 Å². The molecule has 166 valence electrons. The second-order valence-corrected chi connectivity index (χ2v) is 10.5. The lowest BCUT2D eigenvalue weighted by Gasteiger charge is -2.18. The molecule has 0 aliphatic heterocycles. The fourth-order valence-corrected chi connectivity index (χ4v) is 5.40. The highest BCUT2D eigenvalue weighted by Gasteiger charge is 2.24. The van der Waals surface area contributed by atoms with Gasteiger partial charge in [0.15, 0.2) is 10.8 Å². The first-order valence-electron chi connectivity index (χ1n) is 10.1. The minimum absolute atomic E-state index is 0.164. The van der Waals surface area contributed by atoms with Crippen LogP contribution in [-0.4, -0.2) is 51.6 Å². The average Bonchev–Trinajstić information content (AvgIpc) is 3.13. The van der Waals surface area contributed by atoms with Gasteiger partial charge in [0.05, 0.1) is 10.1 Å². The molecular formula is C21H27N5O3S2. The number of hydrogen-bond acceptors (Lipinski definition) is 6. The molecule has 2 aromatic heterocycles. The van der Waals surface area contributed by atoms with Gasteiger partial charge in [-0.25, -0.2) is 8.42 Å².